The molecule has 2 aromatic carbocycles. The maximum absolute atomic E-state index is 9.65. The predicted octanol–water partition coefficient (Wildman–Crippen LogP) is 0.359. The molecule has 0 radical (unpaired) electrons. The fourth-order valence-electron chi connectivity index (χ4n) is 1.82. The van der Waals surface area contributed by atoms with Gasteiger partial charge in [0.05, 0.1) is 0 Å². The first-order valence-corrected chi connectivity index (χ1v) is 6.00. The van der Waals surface area contributed by atoms with E-state index < -0.39 is 12.9 Å². The zero-order valence-corrected chi connectivity index (χ0v) is 10.8. The molecule has 0 unspecified atom stereocenters. The molecule has 0 atom stereocenters. The highest BCUT2D eigenvalue weighted by Gasteiger charge is 2.15. The SMILES string of the molecule is OB(O)c1cc(/C=C/c2cc(O)cc(O)c2O)ccc1O. The largest absolute Gasteiger partial charge is 0.508 e. The van der Waals surface area contributed by atoms with Gasteiger partial charge in [-0.3, -0.25) is 0 Å². The first kappa shape index (κ1) is 14.8. The Bertz CT molecular complexity index is 696. The molecular formula is C14H13BO6. The molecule has 0 aliphatic rings. The zero-order chi connectivity index (χ0) is 15.6. The molecule has 2 rings (SSSR count). The van der Waals surface area contributed by atoms with Gasteiger partial charge in [-0.1, -0.05) is 24.3 Å². The highest BCUT2D eigenvalue weighted by atomic mass is 16.4. The molecule has 0 bridgehead atoms. The number of benzene rings is 2. The second kappa shape index (κ2) is 5.78. The van der Waals surface area contributed by atoms with E-state index in [0.717, 1.165) is 6.07 Å². The van der Waals surface area contributed by atoms with Crippen molar-refractivity contribution in [2.24, 2.45) is 0 Å². The van der Waals surface area contributed by atoms with E-state index in [9.17, 15) is 20.4 Å². The van der Waals surface area contributed by atoms with E-state index in [1.165, 1.54) is 36.4 Å². The van der Waals surface area contributed by atoms with Gasteiger partial charge in [0.15, 0.2) is 11.5 Å². The summed E-state index contributed by atoms with van der Waals surface area (Å²) in [6, 6.07) is 6.45. The van der Waals surface area contributed by atoms with Crippen LogP contribution in [0.5, 0.6) is 23.0 Å². The van der Waals surface area contributed by atoms with Crippen LogP contribution in [0, 0.1) is 0 Å². The molecule has 2 aromatic rings. The van der Waals surface area contributed by atoms with Crippen LogP contribution < -0.4 is 5.46 Å². The number of hydrogen-bond donors (Lipinski definition) is 6. The van der Waals surface area contributed by atoms with Crippen LogP contribution in [0.2, 0.25) is 0 Å². The zero-order valence-electron chi connectivity index (χ0n) is 10.8. The predicted molar refractivity (Wildman–Crippen MR) is 78.3 cm³/mol. The summed E-state index contributed by atoms with van der Waals surface area (Å²) in [5.41, 5.74) is 0.657. The first-order valence-electron chi connectivity index (χ1n) is 6.00. The van der Waals surface area contributed by atoms with E-state index in [1.54, 1.807) is 0 Å². The lowest BCUT2D eigenvalue weighted by Crippen LogP contribution is -2.30. The summed E-state index contributed by atoms with van der Waals surface area (Å²) in [5, 5.41) is 56.1. The highest BCUT2D eigenvalue weighted by molar-refractivity contribution is 6.59. The van der Waals surface area contributed by atoms with Gasteiger partial charge in [0.25, 0.3) is 0 Å². The molecule has 0 fully saturated rings. The molecule has 6 N–H and O–H groups in total. The van der Waals surface area contributed by atoms with Crippen molar-refractivity contribution in [3.05, 3.63) is 41.5 Å². The van der Waals surface area contributed by atoms with Crippen LogP contribution in [0.1, 0.15) is 11.1 Å². The van der Waals surface area contributed by atoms with E-state index in [4.69, 9.17) is 10.0 Å². The third-order valence-corrected chi connectivity index (χ3v) is 2.89. The van der Waals surface area contributed by atoms with Gasteiger partial charge in [-0.25, -0.2) is 0 Å². The Morgan fingerprint density at radius 1 is 0.810 bits per heavy atom. The summed E-state index contributed by atoms with van der Waals surface area (Å²) in [6.45, 7) is 0. The lowest BCUT2D eigenvalue weighted by atomic mass is 9.79. The lowest BCUT2D eigenvalue weighted by Gasteiger charge is -2.05. The maximum Gasteiger partial charge on any atom is 0.492 e. The number of rotatable bonds is 3. The smallest absolute Gasteiger partial charge is 0.492 e. The van der Waals surface area contributed by atoms with Gasteiger partial charge in [0, 0.05) is 17.1 Å². The van der Waals surface area contributed by atoms with Crippen molar-refractivity contribution < 1.29 is 30.5 Å². The molecule has 0 heterocycles. The van der Waals surface area contributed by atoms with E-state index >= 15 is 0 Å². The Morgan fingerprint density at radius 2 is 1.52 bits per heavy atom. The van der Waals surface area contributed by atoms with Crippen molar-refractivity contribution in [1.82, 2.24) is 0 Å². The topological polar surface area (TPSA) is 121 Å². The summed E-state index contributed by atoms with van der Waals surface area (Å²) < 4.78 is 0. The molecule has 0 aromatic heterocycles. The van der Waals surface area contributed by atoms with Crippen LogP contribution >= 0.6 is 0 Å². The van der Waals surface area contributed by atoms with Crippen LogP contribution in [0.3, 0.4) is 0 Å². The van der Waals surface area contributed by atoms with Gasteiger partial charge in [-0.2, -0.15) is 0 Å². The van der Waals surface area contributed by atoms with Gasteiger partial charge >= 0.3 is 7.12 Å². The molecular weight excluding hydrogens is 275 g/mol. The van der Waals surface area contributed by atoms with Crippen LogP contribution in [0.15, 0.2) is 30.3 Å². The molecule has 0 saturated heterocycles. The number of aromatic hydroxyl groups is 4. The molecule has 6 nitrogen and oxygen atoms in total. The number of hydrogen-bond acceptors (Lipinski definition) is 6. The van der Waals surface area contributed by atoms with E-state index in [1.807, 2.05) is 0 Å². The summed E-state index contributed by atoms with van der Waals surface area (Å²) >= 11 is 0. The van der Waals surface area contributed by atoms with Crippen LogP contribution in [-0.4, -0.2) is 37.6 Å². The minimum absolute atomic E-state index is 0.0554. The van der Waals surface area contributed by atoms with E-state index in [2.05, 4.69) is 0 Å². The third-order valence-electron chi connectivity index (χ3n) is 2.89. The van der Waals surface area contributed by atoms with E-state index in [0.29, 0.717) is 5.56 Å². The fourth-order valence-corrected chi connectivity index (χ4v) is 1.82. The first-order chi connectivity index (χ1) is 9.88. The Labute approximate surface area is 120 Å². The fraction of sp³-hybridized carbons (Fsp3) is 0. The van der Waals surface area contributed by atoms with Gasteiger partial charge < -0.3 is 30.5 Å². The quantitative estimate of drug-likeness (QED) is 0.210. The second-order valence-corrected chi connectivity index (χ2v) is 4.43. The number of phenolic OH excluding ortho intramolecular Hbond substituents is 4. The third kappa shape index (κ3) is 3.28. The van der Waals surface area contributed by atoms with Crippen LogP contribution in [-0.2, 0) is 0 Å². The van der Waals surface area contributed by atoms with Gasteiger partial charge in [-0.15, -0.1) is 0 Å². The molecule has 108 valence electrons. The van der Waals surface area contributed by atoms with Crippen molar-refractivity contribution in [2.75, 3.05) is 0 Å². The summed E-state index contributed by atoms with van der Waals surface area (Å²) in [4.78, 5) is 0. The van der Waals surface area contributed by atoms with Gasteiger partial charge in [0.2, 0.25) is 0 Å². The van der Waals surface area contributed by atoms with Crippen molar-refractivity contribution in [3.8, 4) is 23.0 Å². The molecule has 0 saturated carbocycles. The van der Waals surface area contributed by atoms with Crippen molar-refractivity contribution >= 4 is 24.7 Å². The van der Waals surface area contributed by atoms with Crippen molar-refractivity contribution in [2.45, 2.75) is 0 Å². The lowest BCUT2D eigenvalue weighted by molar-refractivity contribution is 0.395. The summed E-state index contributed by atoms with van der Waals surface area (Å²) in [5.74, 6) is -1.29. The Morgan fingerprint density at radius 3 is 2.19 bits per heavy atom. The highest BCUT2D eigenvalue weighted by Crippen LogP contribution is 2.34. The Kier molecular flexibility index (Phi) is 4.06. The molecule has 7 heteroatoms. The molecule has 0 amide bonds. The van der Waals surface area contributed by atoms with Crippen molar-refractivity contribution in [3.63, 3.8) is 0 Å². The maximum atomic E-state index is 9.65. The summed E-state index contributed by atoms with van der Waals surface area (Å²) in [7, 11) is -1.81. The summed E-state index contributed by atoms with van der Waals surface area (Å²) in [6.07, 6.45) is 2.94. The average Bonchev–Trinajstić information content (AvgIpc) is 2.42. The van der Waals surface area contributed by atoms with E-state index in [-0.39, 0.29) is 28.3 Å². The minimum Gasteiger partial charge on any atom is -0.508 e. The van der Waals surface area contributed by atoms with Crippen molar-refractivity contribution in [1.29, 1.82) is 0 Å². The standard InChI is InChI=1S/C14H13BO6/c16-10-6-9(14(19)13(18)7-10)3-1-8-2-4-12(17)11(5-8)15(20)21/h1-7,16-21H/b3-1+. The molecule has 21 heavy (non-hydrogen) atoms. The molecule has 0 spiro atoms. The second-order valence-electron chi connectivity index (χ2n) is 4.43. The monoisotopic (exact) mass is 288 g/mol. The Balaban J connectivity index is 2.36. The van der Waals surface area contributed by atoms with Crippen LogP contribution in [0.4, 0.5) is 0 Å². The van der Waals surface area contributed by atoms with Gasteiger partial charge in [0.1, 0.15) is 11.5 Å². The molecule has 0 aliphatic carbocycles. The van der Waals surface area contributed by atoms with Gasteiger partial charge in [-0.05, 0) is 17.7 Å². The molecule has 0 aliphatic heterocycles. The Hall–Kier alpha value is -2.64. The van der Waals surface area contributed by atoms with Crippen LogP contribution in [0.25, 0.3) is 12.2 Å². The minimum atomic E-state index is -1.81. The normalized spacial score (nSPS) is 11.0. The average molecular weight is 288 g/mol. The number of phenols is 4.